The fraction of sp³-hybridized carbons (Fsp3) is 0.400. The molecule has 3 aromatic heterocycles. The lowest BCUT2D eigenvalue weighted by Crippen LogP contribution is -2.46. The van der Waals surface area contributed by atoms with Crippen LogP contribution in [-0.2, 0) is 0 Å². The number of hydrogen-bond donors (Lipinski definition) is 1. The average molecular weight is 358 g/mol. The van der Waals surface area contributed by atoms with E-state index in [1.165, 1.54) is 35.9 Å². The highest BCUT2D eigenvalue weighted by Crippen LogP contribution is 2.25. The van der Waals surface area contributed by atoms with Crippen molar-refractivity contribution in [2.24, 2.45) is 0 Å². The number of hydrogen-bond acceptors (Lipinski definition) is 9. The second-order valence-corrected chi connectivity index (χ2v) is 6.06. The van der Waals surface area contributed by atoms with Gasteiger partial charge in [-0.2, -0.15) is 9.63 Å². The summed E-state index contributed by atoms with van der Waals surface area (Å²) in [5.74, 6) is 0.791. The van der Waals surface area contributed by atoms with Crippen molar-refractivity contribution >= 4 is 17.3 Å². The molecule has 1 N–H and O–H groups in total. The van der Waals surface area contributed by atoms with Crippen LogP contribution in [0.15, 0.2) is 28.7 Å². The van der Waals surface area contributed by atoms with E-state index in [-0.39, 0.29) is 11.6 Å². The largest absolute Gasteiger partial charge is 0.433 e. The maximum atomic E-state index is 10.8. The van der Waals surface area contributed by atoms with E-state index >= 15 is 0 Å². The van der Waals surface area contributed by atoms with Crippen LogP contribution in [0.3, 0.4) is 0 Å². The summed E-state index contributed by atoms with van der Waals surface area (Å²) in [7, 11) is 1.94. The van der Waals surface area contributed by atoms with Gasteiger partial charge in [-0.05, 0) is 31.0 Å². The topological polar surface area (TPSA) is 118 Å². The smallest absolute Gasteiger partial charge is 0.397 e. The van der Waals surface area contributed by atoms with Crippen molar-refractivity contribution in [1.82, 2.24) is 29.9 Å². The van der Waals surface area contributed by atoms with Gasteiger partial charge < -0.3 is 4.42 Å². The molecule has 0 amide bonds. The normalized spacial score (nSPS) is 15.6. The van der Waals surface area contributed by atoms with Gasteiger partial charge in [-0.25, -0.2) is 5.01 Å². The number of nitrogens with zero attached hydrogens (tertiary/aromatic N) is 7. The van der Waals surface area contributed by atoms with Crippen molar-refractivity contribution in [2.75, 3.05) is 25.6 Å². The Bertz CT molecular complexity index is 930. The summed E-state index contributed by atoms with van der Waals surface area (Å²) in [6.45, 7) is 2.00. The first-order valence-electron chi connectivity index (χ1n) is 8.34. The van der Waals surface area contributed by atoms with Crippen LogP contribution in [0.1, 0.15) is 19.3 Å². The van der Waals surface area contributed by atoms with Gasteiger partial charge in [-0.15, -0.1) is 15.3 Å². The fourth-order valence-electron chi connectivity index (χ4n) is 2.96. The van der Waals surface area contributed by atoms with Crippen LogP contribution in [0.2, 0.25) is 0 Å². The van der Waals surface area contributed by atoms with Crippen molar-refractivity contribution in [3.8, 4) is 11.6 Å². The molecule has 136 valence electrons. The molecule has 26 heavy (non-hydrogen) atoms. The standard InChI is InChI=1S/C15H18N8O3/c1-20(21-9-3-2-4-10-21)18-12-6-7-13-16-17-15(22(13)19-12)11-5-8-14(26-11)23(24)25/h5-8H,2-4,9-10H2,1H3,(H,18,19). The van der Waals surface area contributed by atoms with E-state index in [0.717, 1.165) is 13.1 Å². The van der Waals surface area contributed by atoms with Crippen molar-refractivity contribution in [1.29, 1.82) is 0 Å². The first-order chi connectivity index (χ1) is 12.6. The Morgan fingerprint density at radius 3 is 2.73 bits per heavy atom. The van der Waals surface area contributed by atoms with Gasteiger partial charge in [0, 0.05) is 20.1 Å². The molecule has 1 fully saturated rings. The summed E-state index contributed by atoms with van der Waals surface area (Å²) in [4.78, 5) is 10.2. The molecule has 0 aliphatic carbocycles. The second-order valence-electron chi connectivity index (χ2n) is 6.06. The number of aromatic nitrogens is 4. The van der Waals surface area contributed by atoms with Crippen molar-refractivity contribution in [3.63, 3.8) is 0 Å². The SMILES string of the molecule is CN(Nc1ccc2nnc(-c3ccc([N+](=O)[O-])o3)n2n1)N1CCCCC1. The summed E-state index contributed by atoms with van der Waals surface area (Å²) >= 11 is 0. The molecule has 0 bridgehead atoms. The third kappa shape index (κ3) is 3.09. The summed E-state index contributed by atoms with van der Waals surface area (Å²) in [5.41, 5.74) is 3.75. The number of rotatable bonds is 5. The van der Waals surface area contributed by atoms with Crippen LogP contribution < -0.4 is 5.43 Å². The zero-order chi connectivity index (χ0) is 18.1. The van der Waals surface area contributed by atoms with Crippen LogP contribution in [0.5, 0.6) is 0 Å². The van der Waals surface area contributed by atoms with E-state index in [0.29, 0.717) is 17.3 Å². The van der Waals surface area contributed by atoms with Crippen molar-refractivity contribution in [3.05, 3.63) is 34.4 Å². The summed E-state index contributed by atoms with van der Waals surface area (Å²) < 4.78 is 6.71. The number of furan rings is 1. The minimum atomic E-state index is -0.597. The molecule has 4 heterocycles. The van der Waals surface area contributed by atoms with Crippen LogP contribution >= 0.6 is 0 Å². The van der Waals surface area contributed by atoms with Gasteiger partial charge in [0.15, 0.2) is 17.2 Å². The molecule has 3 aromatic rings. The quantitative estimate of drug-likeness (QED) is 0.539. The van der Waals surface area contributed by atoms with E-state index in [9.17, 15) is 10.1 Å². The molecule has 1 aliphatic rings. The number of nitrogens with one attached hydrogen (secondary N) is 1. The molecular weight excluding hydrogens is 340 g/mol. The van der Waals surface area contributed by atoms with Crippen molar-refractivity contribution in [2.45, 2.75) is 19.3 Å². The van der Waals surface area contributed by atoms with E-state index in [4.69, 9.17) is 4.42 Å². The van der Waals surface area contributed by atoms with Gasteiger partial charge in [0.05, 0.1) is 6.07 Å². The van der Waals surface area contributed by atoms with Crippen LogP contribution in [0.25, 0.3) is 17.2 Å². The molecule has 0 aromatic carbocycles. The average Bonchev–Trinajstić information content (AvgIpc) is 3.29. The molecule has 0 saturated carbocycles. The van der Waals surface area contributed by atoms with Gasteiger partial charge in [0.1, 0.15) is 4.92 Å². The molecule has 0 atom stereocenters. The number of hydrazine groups is 2. The van der Waals surface area contributed by atoms with Gasteiger partial charge >= 0.3 is 5.88 Å². The number of nitro groups is 1. The van der Waals surface area contributed by atoms with E-state index in [1.54, 1.807) is 12.1 Å². The third-order valence-corrected chi connectivity index (χ3v) is 4.29. The number of fused-ring (bicyclic) bond motifs is 1. The lowest BCUT2D eigenvalue weighted by Gasteiger charge is -2.34. The summed E-state index contributed by atoms with van der Waals surface area (Å²) in [6.07, 6.45) is 3.60. The zero-order valence-electron chi connectivity index (χ0n) is 14.2. The molecule has 0 spiro atoms. The monoisotopic (exact) mass is 358 g/mol. The predicted molar refractivity (Wildman–Crippen MR) is 91.9 cm³/mol. The van der Waals surface area contributed by atoms with Gasteiger partial charge in [0.25, 0.3) is 0 Å². The number of piperidine rings is 1. The Labute approximate surface area is 148 Å². The molecule has 4 rings (SSSR count). The first kappa shape index (κ1) is 16.4. The summed E-state index contributed by atoms with van der Waals surface area (Å²) in [5, 5.41) is 27.5. The lowest BCUT2D eigenvalue weighted by atomic mass is 10.2. The Hall–Kier alpha value is -3.05. The van der Waals surface area contributed by atoms with E-state index in [2.05, 4.69) is 25.7 Å². The summed E-state index contributed by atoms with van der Waals surface area (Å²) in [6, 6.07) is 6.34. The first-order valence-corrected chi connectivity index (χ1v) is 8.34. The fourth-order valence-corrected chi connectivity index (χ4v) is 2.96. The molecule has 0 unspecified atom stereocenters. The second kappa shape index (κ2) is 6.69. The van der Waals surface area contributed by atoms with Crippen molar-refractivity contribution < 1.29 is 9.34 Å². The van der Waals surface area contributed by atoms with Gasteiger partial charge in [-0.1, -0.05) is 6.42 Å². The molecule has 1 saturated heterocycles. The minimum absolute atomic E-state index is 0.234. The Balaban J connectivity index is 1.60. The Kier molecular flexibility index (Phi) is 4.22. The highest BCUT2D eigenvalue weighted by Gasteiger charge is 2.19. The van der Waals surface area contributed by atoms with Gasteiger partial charge in [-0.3, -0.25) is 15.5 Å². The molecule has 1 aliphatic heterocycles. The minimum Gasteiger partial charge on any atom is -0.397 e. The lowest BCUT2D eigenvalue weighted by molar-refractivity contribution is -0.401. The van der Waals surface area contributed by atoms with E-state index < -0.39 is 4.92 Å². The number of anilines is 1. The maximum absolute atomic E-state index is 10.8. The van der Waals surface area contributed by atoms with Crippen LogP contribution in [0.4, 0.5) is 11.7 Å². The Morgan fingerprint density at radius 1 is 1.19 bits per heavy atom. The highest BCUT2D eigenvalue weighted by molar-refractivity contribution is 5.55. The highest BCUT2D eigenvalue weighted by atomic mass is 16.6. The molecular formula is C15H18N8O3. The molecule has 0 radical (unpaired) electrons. The third-order valence-electron chi connectivity index (χ3n) is 4.29. The predicted octanol–water partition coefficient (Wildman–Crippen LogP) is 1.95. The molecule has 11 heteroatoms. The van der Waals surface area contributed by atoms with E-state index in [1.807, 2.05) is 12.2 Å². The van der Waals surface area contributed by atoms with Crippen LogP contribution in [0, 0.1) is 10.1 Å². The van der Waals surface area contributed by atoms with Gasteiger partial charge in [0.2, 0.25) is 5.82 Å². The Morgan fingerprint density at radius 2 is 2.00 bits per heavy atom. The molecule has 11 nitrogen and oxygen atoms in total. The zero-order valence-corrected chi connectivity index (χ0v) is 14.2. The van der Waals surface area contributed by atoms with Crippen LogP contribution in [-0.4, -0.2) is 55.0 Å². The maximum Gasteiger partial charge on any atom is 0.433 e.